The van der Waals surface area contributed by atoms with Gasteiger partial charge in [0.15, 0.2) is 0 Å². The lowest BCUT2D eigenvalue weighted by atomic mass is 10.1. The van der Waals surface area contributed by atoms with Crippen molar-refractivity contribution in [2.45, 2.75) is 0 Å². The normalized spacial score (nSPS) is 14.5. The molecule has 8 heteroatoms. The first-order valence-electron chi connectivity index (χ1n) is 8.20. The van der Waals surface area contributed by atoms with E-state index < -0.39 is 5.91 Å². The number of carbonyl (C=O) groups excluding carboxylic acids is 2. The van der Waals surface area contributed by atoms with Crippen molar-refractivity contribution in [2.24, 2.45) is 0 Å². The molecule has 1 saturated heterocycles. The molecular weight excluding hydrogens is 334 g/mol. The molecule has 2 amide bonds. The van der Waals surface area contributed by atoms with Gasteiger partial charge in [-0.1, -0.05) is 18.2 Å². The lowest BCUT2D eigenvalue weighted by Crippen LogP contribution is -2.49. The molecule has 1 aliphatic heterocycles. The molecular formula is C18H19N5O3. The van der Waals surface area contributed by atoms with Gasteiger partial charge in [-0.3, -0.25) is 19.8 Å². The number of carbonyl (C=O) groups is 2. The fraction of sp³-hybridized carbons (Fsp3) is 0.222. The van der Waals surface area contributed by atoms with Crippen molar-refractivity contribution in [3.63, 3.8) is 0 Å². The molecule has 1 aromatic carbocycles. The zero-order chi connectivity index (χ0) is 18.4. The molecule has 8 nitrogen and oxygen atoms in total. The smallest absolute Gasteiger partial charge is 0.267 e. The molecule has 0 bridgehead atoms. The third kappa shape index (κ3) is 4.04. The van der Waals surface area contributed by atoms with Crippen LogP contribution in [0.4, 0.5) is 5.82 Å². The summed E-state index contributed by atoms with van der Waals surface area (Å²) in [5.74, 6) is 0.0660. The highest BCUT2D eigenvalue weighted by Gasteiger charge is 2.23. The molecule has 2 N–H and O–H groups in total. The Morgan fingerprint density at radius 1 is 1.12 bits per heavy atom. The Morgan fingerprint density at radius 3 is 2.58 bits per heavy atom. The van der Waals surface area contributed by atoms with Crippen LogP contribution in [-0.4, -0.2) is 58.1 Å². The number of hydrogen-bond acceptors (Lipinski definition) is 6. The van der Waals surface area contributed by atoms with E-state index in [1.165, 1.54) is 17.6 Å². The molecule has 0 spiro atoms. The fourth-order valence-corrected chi connectivity index (χ4v) is 2.80. The van der Waals surface area contributed by atoms with Gasteiger partial charge in [-0.2, -0.15) is 0 Å². The van der Waals surface area contributed by atoms with Crippen LogP contribution in [0.5, 0.6) is 0 Å². The third-order valence-electron chi connectivity index (χ3n) is 4.16. The van der Waals surface area contributed by atoms with Crippen LogP contribution in [0.15, 0.2) is 48.9 Å². The number of hydroxylamine groups is 1. The zero-order valence-electron chi connectivity index (χ0n) is 14.1. The first-order chi connectivity index (χ1) is 12.7. The van der Waals surface area contributed by atoms with Crippen molar-refractivity contribution < 1.29 is 14.8 Å². The number of piperazine rings is 1. The molecule has 2 aromatic rings. The highest BCUT2D eigenvalue weighted by atomic mass is 16.5. The Balaban J connectivity index is 1.69. The summed E-state index contributed by atoms with van der Waals surface area (Å²) >= 11 is 0. The van der Waals surface area contributed by atoms with Crippen LogP contribution < -0.4 is 10.4 Å². The van der Waals surface area contributed by atoms with Gasteiger partial charge in [0.2, 0.25) is 0 Å². The van der Waals surface area contributed by atoms with E-state index in [1.807, 2.05) is 0 Å². The second-order valence-corrected chi connectivity index (χ2v) is 5.74. The van der Waals surface area contributed by atoms with Crippen molar-refractivity contribution in [1.29, 1.82) is 0 Å². The largest absolute Gasteiger partial charge is 0.352 e. The van der Waals surface area contributed by atoms with E-state index in [-0.39, 0.29) is 5.91 Å². The summed E-state index contributed by atoms with van der Waals surface area (Å²) in [6.45, 7) is 2.50. The van der Waals surface area contributed by atoms with Crippen molar-refractivity contribution in [3.8, 4) is 0 Å². The van der Waals surface area contributed by atoms with Crippen LogP contribution in [0, 0.1) is 0 Å². The Kier molecular flexibility index (Phi) is 5.55. The fourth-order valence-electron chi connectivity index (χ4n) is 2.80. The number of nitrogens with one attached hydrogen (secondary N) is 1. The average Bonchev–Trinajstić information content (AvgIpc) is 2.72. The Bertz CT molecular complexity index is 801. The molecule has 1 aromatic heterocycles. The van der Waals surface area contributed by atoms with E-state index in [9.17, 15) is 9.59 Å². The van der Waals surface area contributed by atoms with Crippen molar-refractivity contribution in [3.05, 3.63) is 60.1 Å². The van der Waals surface area contributed by atoms with Crippen LogP contribution in [0.25, 0.3) is 6.08 Å². The van der Waals surface area contributed by atoms with E-state index in [4.69, 9.17) is 5.21 Å². The van der Waals surface area contributed by atoms with Gasteiger partial charge in [-0.15, -0.1) is 0 Å². The Labute approximate surface area is 150 Å². The number of benzene rings is 1. The summed E-state index contributed by atoms with van der Waals surface area (Å²) in [5.41, 5.74) is 2.67. The van der Waals surface area contributed by atoms with E-state index in [1.54, 1.807) is 47.8 Å². The maximum atomic E-state index is 12.9. The highest BCUT2D eigenvalue weighted by molar-refractivity contribution is 5.99. The van der Waals surface area contributed by atoms with E-state index in [2.05, 4.69) is 14.9 Å². The van der Waals surface area contributed by atoms with Crippen LogP contribution in [-0.2, 0) is 4.79 Å². The standard InChI is InChI=1S/C18H19N5O3/c24-17(21-26)6-5-14-3-1-2-4-15(14)18(25)23-11-9-22(10-12-23)16-13-19-7-8-20-16/h1-8,13,26H,9-12H2,(H,21,24). The van der Waals surface area contributed by atoms with Crippen LogP contribution in [0.3, 0.4) is 0 Å². The summed E-state index contributed by atoms with van der Waals surface area (Å²) in [4.78, 5) is 36.3. The van der Waals surface area contributed by atoms with E-state index in [0.717, 1.165) is 5.82 Å². The molecule has 0 aliphatic carbocycles. The Hall–Kier alpha value is -3.26. The lowest BCUT2D eigenvalue weighted by Gasteiger charge is -2.35. The topological polar surface area (TPSA) is 98.7 Å². The van der Waals surface area contributed by atoms with Crippen LogP contribution in [0.1, 0.15) is 15.9 Å². The van der Waals surface area contributed by atoms with Gasteiger partial charge >= 0.3 is 0 Å². The van der Waals surface area contributed by atoms with E-state index >= 15 is 0 Å². The molecule has 2 heterocycles. The predicted octanol–water partition coefficient (Wildman–Crippen LogP) is 0.958. The second-order valence-electron chi connectivity index (χ2n) is 5.74. The maximum Gasteiger partial charge on any atom is 0.267 e. The number of hydrogen-bond donors (Lipinski definition) is 2. The average molecular weight is 353 g/mol. The molecule has 1 aliphatic rings. The van der Waals surface area contributed by atoms with Crippen LogP contribution in [0.2, 0.25) is 0 Å². The summed E-state index contributed by atoms with van der Waals surface area (Å²) in [6, 6.07) is 7.06. The molecule has 0 atom stereocenters. The maximum absolute atomic E-state index is 12.9. The van der Waals surface area contributed by atoms with Gasteiger partial charge in [0.25, 0.3) is 11.8 Å². The van der Waals surface area contributed by atoms with Crippen molar-refractivity contribution in [1.82, 2.24) is 20.3 Å². The Morgan fingerprint density at radius 2 is 1.88 bits per heavy atom. The molecule has 134 valence electrons. The highest BCUT2D eigenvalue weighted by Crippen LogP contribution is 2.17. The van der Waals surface area contributed by atoms with Gasteiger partial charge in [-0.25, -0.2) is 10.5 Å². The van der Waals surface area contributed by atoms with Crippen molar-refractivity contribution in [2.75, 3.05) is 31.1 Å². The second kappa shape index (κ2) is 8.21. The first-order valence-corrected chi connectivity index (χ1v) is 8.20. The molecule has 26 heavy (non-hydrogen) atoms. The lowest BCUT2D eigenvalue weighted by molar-refractivity contribution is -0.124. The molecule has 0 unspecified atom stereocenters. The number of anilines is 1. The molecule has 3 rings (SSSR count). The van der Waals surface area contributed by atoms with Gasteiger partial charge in [0, 0.05) is 50.2 Å². The minimum atomic E-state index is -0.648. The summed E-state index contributed by atoms with van der Waals surface area (Å²) < 4.78 is 0. The van der Waals surface area contributed by atoms with E-state index in [0.29, 0.717) is 37.3 Å². The number of nitrogens with zero attached hydrogens (tertiary/aromatic N) is 4. The minimum Gasteiger partial charge on any atom is -0.352 e. The first kappa shape index (κ1) is 17.6. The zero-order valence-corrected chi connectivity index (χ0v) is 14.1. The minimum absolute atomic E-state index is 0.0894. The van der Waals surface area contributed by atoms with Gasteiger partial charge in [0.05, 0.1) is 6.20 Å². The van der Waals surface area contributed by atoms with Gasteiger partial charge in [0.1, 0.15) is 5.82 Å². The predicted molar refractivity (Wildman–Crippen MR) is 95.6 cm³/mol. The van der Waals surface area contributed by atoms with Gasteiger partial charge in [-0.05, 0) is 17.7 Å². The quantitative estimate of drug-likeness (QED) is 0.483. The van der Waals surface area contributed by atoms with Gasteiger partial charge < -0.3 is 9.80 Å². The number of aromatic nitrogens is 2. The summed E-state index contributed by atoms with van der Waals surface area (Å²) in [6.07, 6.45) is 7.68. The summed E-state index contributed by atoms with van der Waals surface area (Å²) in [5, 5.41) is 8.57. The van der Waals surface area contributed by atoms with Crippen LogP contribution >= 0.6 is 0 Å². The monoisotopic (exact) mass is 353 g/mol. The van der Waals surface area contributed by atoms with Crippen molar-refractivity contribution >= 4 is 23.7 Å². The SMILES string of the molecule is O=C(C=Cc1ccccc1C(=O)N1CCN(c2cnccn2)CC1)NO. The molecule has 1 fully saturated rings. The number of amides is 2. The number of rotatable bonds is 4. The summed E-state index contributed by atoms with van der Waals surface area (Å²) in [7, 11) is 0. The molecule has 0 saturated carbocycles. The third-order valence-corrected chi connectivity index (χ3v) is 4.16. The molecule has 0 radical (unpaired) electrons.